The smallest absolute Gasteiger partial charge is 0.342 e. The Labute approximate surface area is 156 Å². The molecule has 6 heteroatoms. The number of hydrogen-bond donors (Lipinski definition) is 0. The summed E-state index contributed by atoms with van der Waals surface area (Å²) in [7, 11) is 1.57. The van der Waals surface area contributed by atoms with Crippen molar-refractivity contribution in [1.29, 1.82) is 0 Å². The van der Waals surface area contributed by atoms with E-state index >= 15 is 0 Å². The molecule has 0 saturated heterocycles. The summed E-state index contributed by atoms with van der Waals surface area (Å²) >= 11 is 0. The molecule has 5 atom stereocenters. The number of hydrogen-bond acceptors (Lipinski definition) is 6. The van der Waals surface area contributed by atoms with E-state index in [4.69, 9.17) is 13.9 Å². The lowest BCUT2D eigenvalue weighted by molar-refractivity contribution is -0.126. The fourth-order valence-electron chi connectivity index (χ4n) is 5.92. The van der Waals surface area contributed by atoms with Crippen molar-refractivity contribution in [3.63, 3.8) is 0 Å². The van der Waals surface area contributed by atoms with Gasteiger partial charge in [-0.05, 0) is 31.3 Å². The third-order valence-electron chi connectivity index (χ3n) is 7.47. The van der Waals surface area contributed by atoms with Crippen LogP contribution >= 0.6 is 0 Å². The molecule has 1 aromatic rings. The number of carbonyl (C=O) groups excluding carboxylic acids is 3. The van der Waals surface area contributed by atoms with E-state index in [1.54, 1.807) is 7.11 Å². The summed E-state index contributed by atoms with van der Waals surface area (Å²) < 4.78 is 16.7. The molecule has 3 aliphatic carbocycles. The van der Waals surface area contributed by atoms with Gasteiger partial charge in [0, 0.05) is 24.5 Å². The summed E-state index contributed by atoms with van der Waals surface area (Å²) in [6, 6.07) is 0. The number of allylic oxidation sites excluding steroid dienone is 1. The van der Waals surface area contributed by atoms with Crippen molar-refractivity contribution in [2.75, 3.05) is 13.7 Å². The molecule has 27 heavy (non-hydrogen) atoms. The SMILES string of the molecule is COC[C@H]1OC(=O)c2coc3c2[C@@]1(C)C1=CC[C@]2(C)C(=O)CC[C@H]2C1C3=O. The Balaban J connectivity index is 1.76. The second-order valence-corrected chi connectivity index (χ2v) is 8.60. The van der Waals surface area contributed by atoms with Crippen LogP contribution in [0.15, 0.2) is 22.3 Å². The Kier molecular flexibility index (Phi) is 3.25. The Morgan fingerprint density at radius 2 is 2.04 bits per heavy atom. The molecule has 142 valence electrons. The number of esters is 1. The van der Waals surface area contributed by atoms with E-state index in [2.05, 4.69) is 0 Å². The number of methoxy groups -OCH3 is 1. The van der Waals surface area contributed by atoms with Crippen LogP contribution in [-0.2, 0) is 19.7 Å². The first-order valence-electron chi connectivity index (χ1n) is 9.44. The van der Waals surface area contributed by atoms with Gasteiger partial charge in [-0.2, -0.15) is 0 Å². The second-order valence-electron chi connectivity index (χ2n) is 8.60. The fourth-order valence-corrected chi connectivity index (χ4v) is 5.92. The lowest BCUT2D eigenvalue weighted by Crippen LogP contribution is -2.56. The van der Waals surface area contributed by atoms with Gasteiger partial charge in [0.2, 0.25) is 5.78 Å². The van der Waals surface area contributed by atoms with E-state index in [0.29, 0.717) is 30.4 Å². The van der Waals surface area contributed by atoms with Crippen molar-refractivity contribution in [1.82, 2.24) is 0 Å². The molecular formula is C21H22O6. The van der Waals surface area contributed by atoms with E-state index in [-0.39, 0.29) is 29.9 Å². The number of rotatable bonds is 2. The lowest BCUT2D eigenvalue weighted by Gasteiger charge is -2.51. The average molecular weight is 370 g/mol. The maximum atomic E-state index is 13.4. The standard InChI is InChI=1S/C21H22O6/c1-20-7-6-12-15(11(20)4-5-13(20)22)17(23)18-16-10(8-26-18)19(24)27-14(9-25-3)21(12,16)2/h6,8,11,14-15H,4-5,7,9H2,1-3H3/t11-,14+,15?,20-,21-/m0/s1. The zero-order chi connectivity index (χ0) is 19.1. The van der Waals surface area contributed by atoms with Gasteiger partial charge in [-0.1, -0.05) is 13.0 Å². The van der Waals surface area contributed by atoms with Crippen molar-refractivity contribution >= 4 is 17.5 Å². The molecule has 4 aliphatic rings. The molecule has 1 fully saturated rings. The van der Waals surface area contributed by atoms with Gasteiger partial charge in [0.05, 0.1) is 17.9 Å². The highest BCUT2D eigenvalue weighted by Crippen LogP contribution is 2.61. The first kappa shape index (κ1) is 16.9. The largest absolute Gasteiger partial charge is 0.460 e. The van der Waals surface area contributed by atoms with Crippen molar-refractivity contribution in [3.05, 3.63) is 34.8 Å². The molecule has 0 N–H and O–H groups in total. The van der Waals surface area contributed by atoms with Crippen LogP contribution in [0.1, 0.15) is 59.6 Å². The van der Waals surface area contributed by atoms with Crippen LogP contribution < -0.4 is 0 Å². The van der Waals surface area contributed by atoms with Gasteiger partial charge >= 0.3 is 5.97 Å². The second kappa shape index (κ2) is 5.19. The molecule has 1 aromatic heterocycles. The average Bonchev–Trinajstić information content (AvgIpc) is 3.21. The summed E-state index contributed by atoms with van der Waals surface area (Å²) in [5, 5.41) is 0. The van der Waals surface area contributed by atoms with E-state index in [1.807, 2.05) is 19.9 Å². The van der Waals surface area contributed by atoms with Gasteiger partial charge < -0.3 is 13.9 Å². The number of Topliss-reactive ketones (excluding diaryl/α,β-unsaturated/α-hetero) is 2. The Morgan fingerprint density at radius 1 is 1.26 bits per heavy atom. The monoisotopic (exact) mass is 370 g/mol. The molecule has 1 saturated carbocycles. The molecule has 0 bridgehead atoms. The zero-order valence-electron chi connectivity index (χ0n) is 15.7. The van der Waals surface area contributed by atoms with Gasteiger partial charge in [0.25, 0.3) is 0 Å². The minimum Gasteiger partial charge on any atom is -0.460 e. The van der Waals surface area contributed by atoms with Crippen LogP contribution in [0.5, 0.6) is 0 Å². The zero-order valence-corrected chi connectivity index (χ0v) is 15.7. The highest BCUT2D eigenvalue weighted by atomic mass is 16.6. The maximum absolute atomic E-state index is 13.4. The van der Waals surface area contributed by atoms with Crippen LogP contribution in [0.3, 0.4) is 0 Å². The molecule has 0 spiro atoms. The summed E-state index contributed by atoms with van der Waals surface area (Å²) in [6.45, 7) is 4.21. The highest BCUT2D eigenvalue weighted by Gasteiger charge is 2.63. The number of furan rings is 1. The van der Waals surface area contributed by atoms with Crippen LogP contribution in [0.4, 0.5) is 0 Å². The van der Waals surface area contributed by atoms with Crippen LogP contribution in [0.2, 0.25) is 0 Å². The van der Waals surface area contributed by atoms with Gasteiger partial charge in [-0.3, -0.25) is 9.59 Å². The summed E-state index contributed by atoms with van der Waals surface area (Å²) in [6.07, 6.45) is 4.67. The van der Waals surface area contributed by atoms with Crippen LogP contribution in [0, 0.1) is 17.3 Å². The van der Waals surface area contributed by atoms with E-state index in [9.17, 15) is 14.4 Å². The first-order valence-corrected chi connectivity index (χ1v) is 9.44. The normalized spacial score (nSPS) is 39.4. The minimum atomic E-state index is -0.687. The Morgan fingerprint density at radius 3 is 2.78 bits per heavy atom. The first-order chi connectivity index (χ1) is 12.8. The topological polar surface area (TPSA) is 82.8 Å². The molecule has 1 aliphatic heterocycles. The lowest BCUT2D eigenvalue weighted by atomic mass is 9.52. The van der Waals surface area contributed by atoms with E-state index in [0.717, 1.165) is 5.57 Å². The van der Waals surface area contributed by atoms with E-state index < -0.39 is 28.8 Å². The van der Waals surface area contributed by atoms with Crippen LogP contribution in [0.25, 0.3) is 0 Å². The molecule has 0 radical (unpaired) electrons. The van der Waals surface area contributed by atoms with Gasteiger partial charge in [0.1, 0.15) is 23.7 Å². The van der Waals surface area contributed by atoms with Crippen molar-refractivity contribution in [3.8, 4) is 0 Å². The van der Waals surface area contributed by atoms with Crippen molar-refractivity contribution < 1.29 is 28.3 Å². The molecule has 1 unspecified atom stereocenters. The molecular weight excluding hydrogens is 348 g/mol. The predicted octanol–water partition coefficient (Wildman–Crippen LogP) is 2.85. The predicted molar refractivity (Wildman–Crippen MR) is 93.5 cm³/mol. The molecule has 0 amide bonds. The highest BCUT2D eigenvalue weighted by molar-refractivity contribution is 6.07. The molecule has 6 nitrogen and oxygen atoms in total. The van der Waals surface area contributed by atoms with Crippen LogP contribution in [-0.4, -0.2) is 37.4 Å². The summed E-state index contributed by atoms with van der Waals surface area (Å²) in [4.78, 5) is 38.4. The minimum absolute atomic E-state index is 0.0446. The van der Waals surface area contributed by atoms with Gasteiger partial charge in [-0.25, -0.2) is 4.79 Å². The Hall–Kier alpha value is -2.21. The molecule has 0 aromatic carbocycles. The number of fused-ring (bicyclic) bond motifs is 4. The number of ether oxygens (including phenoxy) is 2. The number of cyclic esters (lactones) is 1. The summed E-state index contributed by atoms with van der Waals surface area (Å²) in [5.74, 6) is -0.578. The third-order valence-corrected chi connectivity index (χ3v) is 7.47. The van der Waals surface area contributed by atoms with E-state index in [1.165, 1.54) is 6.26 Å². The number of ketones is 2. The van der Waals surface area contributed by atoms with Gasteiger partial charge in [0.15, 0.2) is 5.76 Å². The third kappa shape index (κ3) is 1.82. The fraction of sp³-hybridized carbons (Fsp3) is 0.571. The quantitative estimate of drug-likeness (QED) is 0.588. The van der Waals surface area contributed by atoms with Gasteiger partial charge in [-0.15, -0.1) is 0 Å². The van der Waals surface area contributed by atoms with Crippen molar-refractivity contribution in [2.45, 2.75) is 44.6 Å². The Bertz CT molecular complexity index is 923. The molecule has 5 rings (SSSR count). The number of carbonyl (C=O) groups is 3. The summed E-state index contributed by atoms with van der Waals surface area (Å²) in [5.41, 5.74) is 0.710. The maximum Gasteiger partial charge on any atom is 0.342 e. The molecule has 2 heterocycles. The van der Waals surface area contributed by atoms with Crippen molar-refractivity contribution in [2.24, 2.45) is 17.3 Å².